The zero-order valence-corrected chi connectivity index (χ0v) is 10.8. The SMILES string of the molecule is CCC1CN(C(=O)c2cncc(O)c2)CCN1C. The zero-order valence-electron chi connectivity index (χ0n) is 10.8. The van der Waals surface area contributed by atoms with E-state index in [2.05, 4.69) is 23.9 Å². The summed E-state index contributed by atoms with van der Waals surface area (Å²) in [5.41, 5.74) is 0.453. The molecule has 0 saturated carbocycles. The van der Waals surface area contributed by atoms with Gasteiger partial charge in [-0.2, -0.15) is 0 Å². The monoisotopic (exact) mass is 249 g/mol. The molecule has 18 heavy (non-hydrogen) atoms. The molecule has 2 heterocycles. The predicted molar refractivity (Wildman–Crippen MR) is 68.5 cm³/mol. The van der Waals surface area contributed by atoms with Crippen molar-refractivity contribution in [3.8, 4) is 5.75 Å². The number of aromatic nitrogens is 1. The Morgan fingerprint density at radius 1 is 1.50 bits per heavy atom. The van der Waals surface area contributed by atoms with Gasteiger partial charge in [-0.3, -0.25) is 14.7 Å². The maximum atomic E-state index is 12.3. The second-order valence-electron chi connectivity index (χ2n) is 4.73. The highest BCUT2D eigenvalue weighted by Crippen LogP contribution is 2.15. The van der Waals surface area contributed by atoms with Gasteiger partial charge in [-0.25, -0.2) is 0 Å². The zero-order chi connectivity index (χ0) is 13.1. The van der Waals surface area contributed by atoms with E-state index in [0.29, 0.717) is 11.6 Å². The number of pyridine rings is 1. The minimum Gasteiger partial charge on any atom is -0.506 e. The smallest absolute Gasteiger partial charge is 0.255 e. The Morgan fingerprint density at radius 2 is 2.28 bits per heavy atom. The molecule has 1 aromatic rings. The fraction of sp³-hybridized carbons (Fsp3) is 0.538. The Hall–Kier alpha value is -1.62. The van der Waals surface area contributed by atoms with Crippen molar-refractivity contribution in [2.45, 2.75) is 19.4 Å². The van der Waals surface area contributed by atoms with Crippen LogP contribution >= 0.6 is 0 Å². The summed E-state index contributed by atoms with van der Waals surface area (Å²) in [5.74, 6) is -0.0213. The first kappa shape index (κ1) is 12.8. The Morgan fingerprint density at radius 3 is 2.94 bits per heavy atom. The molecule has 1 unspecified atom stereocenters. The quantitative estimate of drug-likeness (QED) is 0.848. The van der Waals surface area contributed by atoms with Crippen LogP contribution in [0.2, 0.25) is 0 Å². The van der Waals surface area contributed by atoms with Gasteiger partial charge in [0.2, 0.25) is 0 Å². The van der Waals surface area contributed by atoms with Gasteiger partial charge in [0, 0.05) is 31.9 Å². The third-order valence-electron chi connectivity index (χ3n) is 3.51. The number of amides is 1. The largest absolute Gasteiger partial charge is 0.506 e. The van der Waals surface area contributed by atoms with Crippen LogP contribution in [0.15, 0.2) is 18.5 Å². The van der Waals surface area contributed by atoms with E-state index in [0.717, 1.165) is 26.1 Å². The minimum atomic E-state index is -0.0510. The summed E-state index contributed by atoms with van der Waals surface area (Å²) in [5, 5.41) is 9.36. The highest BCUT2D eigenvalue weighted by molar-refractivity contribution is 5.94. The van der Waals surface area contributed by atoms with E-state index in [1.165, 1.54) is 18.5 Å². The first-order valence-corrected chi connectivity index (χ1v) is 6.25. The number of hydrogen-bond donors (Lipinski definition) is 1. The normalized spacial score (nSPS) is 21.0. The fourth-order valence-electron chi connectivity index (χ4n) is 2.30. The minimum absolute atomic E-state index is 0.0296. The van der Waals surface area contributed by atoms with Crippen molar-refractivity contribution in [2.24, 2.45) is 0 Å². The summed E-state index contributed by atoms with van der Waals surface area (Å²) in [6, 6.07) is 1.88. The average Bonchev–Trinajstić information content (AvgIpc) is 2.38. The molecule has 1 aromatic heterocycles. The van der Waals surface area contributed by atoms with Crippen molar-refractivity contribution >= 4 is 5.91 Å². The molecule has 1 atom stereocenters. The van der Waals surface area contributed by atoms with Crippen molar-refractivity contribution in [2.75, 3.05) is 26.7 Å². The van der Waals surface area contributed by atoms with Crippen molar-refractivity contribution in [1.29, 1.82) is 0 Å². The molecule has 2 rings (SSSR count). The third-order valence-corrected chi connectivity index (χ3v) is 3.51. The van der Waals surface area contributed by atoms with Gasteiger partial charge >= 0.3 is 0 Å². The van der Waals surface area contributed by atoms with Crippen LogP contribution < -0.4 is 0 Å². The molecule has 1 saturated heterocycles. The van der Waals surface area contributed by atoms with Gasteiger partial charge in [0.1, 0.15) is 5.75 Å². The molecular weight excluding hydrogens is 230 g/mol. The number of nitrogens with zero attached hydrogens (tertiary/aromatic N) is 3. The average molecular weight is 249 g/mol. The molecule has 0 radical (unpaired) electrons. The van der Waals surface area contributed by atoms with Crippen LogP contribution in [0.3, 0.4) is 0 Å². The van der Waals surface area contributed by atoms with Crippen LogP contribution in [0.1, 0.15) is 23.7 Å². The summed E-state index contributed by atoms with van der Waals surface area (Å²) in [4.78, 5) is 20.2. The lowest BCUT2D eigenvalue weighted by atomic mass is 10.1. The topological polar surface area (TPSA) is 56.7 Å². The molecule has 1 amide bonds. The van der Waals surface area contributed by atoms with E-state index in [-0.39, 0.29) is 11.7 Å². The summed E-state index contributed by atoms with van der Waals surface area (Å²) >= 11 is 0. The summed E-state index contributed by atoms with van der Waals surface area (Å²) < 4.78 is 0. The molecule has 0 bridgehead atoms. The number of hydrogen-bond acceptors (Lipinski definition) is 4. The number of carbonyl (C=O) groups excluding carboxylic acids is 1. The molecule has 1 N–H and O–H groups in total. The second-order valence-corrected chi connectivity index (χ2v) is 4.73. The van der Waals surface area contributed by atoms with Crippen LogP contribution in [-0.2, 0) is 0 Å². The fourth-order valence-corrected chi connectivity index (χ4v) is 2.30. The maximum Gasteiger partial charge on any atom is 0.255 e. The van der Waals surface area contributed by atoms with Gasteiger partial charge < -0.3 is 10.0 Å². The molecule has 1 aliphatic rings. The molecule has 1 aliphatic heterocycles. The van der Waals surface area contributed by atoms with Crippen molar-refractivity contribution in [1.82, 2.24) is 14.8 Å². The van der Waals surface area contributed by atoms with Crippen LogP contribution in [0.5, 0.6) is 5.75 Å². The van der Waals surface area contributed by atoms with Crippen LogP contribution in [0.25, 0.3) is 0 Å². The lowest BCUT2D eigenvalue weighted by molar-refractivity contribution is 0.0541. The van der Waals surface area contributed by atoms with Crippen LogP contribution in [0.4, 0.5) is 0 Å². The first-order valence-electron chi connectivity index (χ1n) is 6.25. The van der Waals surface area contributed by atoms with Gasteiger partial charge in [0.05, 0.1) is 11.8 Å². The van der Waals surface area contributed by atoms with Gasteiger partial charge in [-0.1, -0.05) is 6.92 Å². The Kier molecular flexibility index (Phi) is 3.81. The molecule has 5 nitrogen and oxygen atoms in total. The van der Waals surface area contributed by atoms with Gasteiger partial charge in [0.15, 0.2) is 0 Å². The van der Waals surface area contributed by atoms with E-state index >= 15 is 0 Å². The third kappa shape index (κ3) is 2.61. The van der Waals surface area contributed by atoms with Gasteiger partial charge in [-0.05, 0) is 19.5 Å². The highest BCUT2D eigenvalue weighted by Gasteiger charge is 2.26. The molecule has 98 valence electrons. The Bertz CT molecular complexity index is 436. The Labute approximate surface area is 107 Å². The number of piperazine rings is 1. The summed E-state index contributed by atoms with van der Waals surface area (Å²) in [6.07, 6.45) is 3.86. The number of aromatic hydroxyl groups is 1. The van der Waals surface area contributed by atoms with Gasteiger partial charge in [0.25, 0.3) is 5.91 Å². The number of carbonyl (C=O) groups is 1. The molecule has 0 spiro atoms. The van der Waals surface area contributed by atoms with Crippen LogP contribution in [0, 0.1) is 0 Å². The molecule has 1 fully saturated rings. The molecule has 0 aromatic carbocycles. The summed E-state index contributed by atoms with van der Waals surface area (Å²) in [7, 11) is 2.09. The second kappa shape index (κ2) is 5.35. The lowest BCUT2D eigenvalue weighted by Crippen LogP contribution is -2.52. The number of likely N-dealkylation sites (N-methyl/N-ethyl adjacent to an activating group) is 1. The lowest BCUT2D eigenvalue weighted by Gasteiger charge is -2.39. The highest BCUT2D eigenvalue weighted by atomic mass is 16.3. The van der Waals surface area contributed by atoms with E-state index in [1.54, 1.807) is 0 Å². The van der Waals surface area contributed by atoms with E-state index in [9.17, 15) is 9.90 Å². The standard InChI is InChI=1S/C13H19N3O2/c1-3-11-9-16(5-4-15(11)2)13(18)10-6-12(17)8-14-7-10/h6-8,11,17H,3-5,9H2,1-2H3. The van der Waals surface area contributed by atoms with Crippen molar-refractivity contribution in [3.63, 3.8) is 0 Å². The van der Waals surface area contributed by atoms with E-state index in [4.69, 9.17) is 0 Å². The van der Waals surface area contributed by atoms with Gasteiger partial charge in [-0.15, -0.1) is 0 Å². The molecule has 5 heteroatoms. The Balaban J connectivity index is 2.10. The van der Waals surface area contributed by atoms with E-state index < -0.39 is 0 Å². The predicted octanol–water partition coefficient (Wildman–Crippen LogP) is 0.953. The first-order chi connectivity index (χ1) is 8.61. The summed E-state index contributed by atoms with van der Waals surface area (Å²) in [6.45, 7) is 4.48. The number of rotatable bonds is 2. The molecule has 0 aliphatic carbocycles. The molecular formula is C13H19N3O2. The van der Waals surface area contributed by atoms with Crippen molar-refractivity contribution < 1.29 is 9.90 Å². The van der Waals surface area contributed by atoms with Crippen molar-refractivity contribution in [3.05, 3.63) is 24.0 Å². The maximum absolute atomic E-state index is 12.3. The van der Waals surface area contributed by atoms with E-state index in [1.807, 2.05) is 4.90 Å². The van der Waals surface area contributed by atoms with Crippen LogP contribution in [-0.4, -0.2) is 58.5 Å².